The molecule has 4 heteroatoms. The molecule has 0 radical (unpaired) electrons. The van der Waals surface area contributed by atoms with Gasteiger partial charge in [-0.1, -0.05) is 6.58 Å². The number of rotatable bonds is 4. The third-order valence-corrected chi connectivity index (χ3v) is 1.85. The van der Waals surface area contributed by atoms with Gasteiger partial charge >= 0.3 is 5.97 Å². The first kappa shape index (κ1) is 9.52. The number of nitrogens with two attached hydrogens (primary N) is 1. The predicted molar refractivity (Wildman–Crippen MR) is 42.9 cm³/mol. The second-order valence-electron chi connectivity index (χ2n) is 1.96. The van der Waals surface area contributed by atoms with Crippen LogP contribution < -0.4 is 5.73 Å². The minimum atomic E-state index is -0.964. The van der Waals surface area contributed by atoms with Gasteiger partial charge in [-0.2, -0.15) is 0 Å². The average Bonchev–Trinajstić information content (AvgIpc) is 1.82. The van der Waals surface area contributed by atoms with E-state index in [-0.39, 0.29) is 0 Å². The Morgan fingerprint density at radius 1 is 1.90 bits per heavy atom. The molecule has 10 heavy (non-hydrogen) atoms. The summed E-state index contributed by atoms with van der Waals surface area (Å²) >= 11 is 1.37. The van der Waals surface area contributed by atoms with Gasteiger partial charge in [0.25, 0.3) is 0 Å². The van der Waals surface area contributed by atoms with Crippen molar-refractivity contribution in [3.05, 3.63) is 11.5 Å². The topological polar surface area (TPSA) is 63.3 Å². The molecule has 3 nitrogen and oxygen atoms in total. The van der Waals surface area contributed by atoms with Crippen molar-refractivity contribution >= 4 is 17.7 Å². The lowest BCUT2D eigenvalue weighted by Gasteiger charge is -2.03. The van der Waals surface area contributed by atoms with Gasteiger partial charge in [-0.3, -0.25) is 4.79 Å². The number of carbonyl (C=O) groups is 1. The van der Waals surface area contributed by atoms with Crippen LogP contribution in [0.5, 0.6) is 0 Å². The number of carboxylic acid groups (broad SMARTS) is 1. The monoisotopic (exact) mass is 161 g/mol. The fraction of sp³-hybridized carbons (Fsp3) is 0.500. The Kier molecular flexibility index (Phi) is 4.14. The lowest BCUT2D eigenvalue weighted by molar-refractivity contribution is -0.137. The quantitative estimate of drug-likeness (QED) is 0.636. The fourth-order valence-corrected chi connectivity index (χ4v) is 0.910. The largest absolute Gasteiger partial charge is 0.480 e. The Labute approximate surface area is 64.3 Å². The number of hydrogen-bond acceptors (Lipinski definition) is 3. The Morgan fingerprint density at radius 2 is 2.40 bits per heavy atom. The first-order valence-corrected chi connectivity index (χ1v) is 3.79. The highest BCUT2D eigenvalue weighted by atomic mass is 32.2. The van der Waals surface area contributed by atoms with E-state index in [1.165, 1.54) is 11.8 Å². The summed E-state index contributed by atoms with van der Waals surface area (Å²) in [7, 11) is 0. The molecule has 0 aliphatic rings. The molecule has 58 valence electrons. The van der Waals surface area contributed by atoms with Crippen molar-refractivity contribution in [1.82, 2.24) is 0 Å². The number of hydrogen-bond donors (Lipinski definition) is 2. The highest BCUT2D eigenvalue weighted by molar-refractivity contribution is 8.03. The maximum atomic E-state index is 10.1. The summed E-state index contributed by atoms with van der Waals surface area (Å²) in [5.74, 6) is -0.571. The predicted octanol–water partition coefficient (Wildman–Crippen LogP) is 0.665. The van der Waals surface area contributed by atoms with E-state index in [0.29, 0.717) is 5.75 Å². The van der Waals surface area contributed by atoms with Gasteiger partial charge in [0, 0.05) is 5.75 Å². The van der Waals surface area contributed by atoms with Gasteiger partial charge < -0.3 is 10.8 Å². The SMILES string of the molecule is C=C(C)SCC(N)C(=O)O. The second kappa shape index (κ2) is 4.35. The molecule has 0 spiro atoms. The first-order valence-electron chi connectivity index (χ1n) is 2.80. The Hall–Kier alpha value is -0.480. The van der Waals surface area contributed by atoms with Crippen LogP contribution in [0.25, 0.3) is 0 Å². The lowest BCUT2D eigenvalue weighted by atomic mass is 10.4. The minimum absolute atomic E-state index is 0.394. The molecule has 0 aromatic heterocycles. The summed E-state index contributed by atoms with van der Waals surface area (Å²) in [5, 5.41) is 8.33. The van der Waals surface area contributed by atoms with Crippen LogP contribution in [0.4, 0.5) is 0 Å². The van der Waals surface area contributed by atoms with E-state index in [9.17, 15) is 4.79 Å². The smallest absolute Gasteiger partial charge is 0.321 e. The van der Waals surface area contributed by atoms with Gasteiger partial charge in [-0.15, -0.1) is 11.8 Å². The molecule has 1 atom stereocenters. The molecule has 0 aliphatic carbocycles. The van der Waals surface area contributed by atoms with Crippen LogP contribution in [0, 0.1) is 0 Å². The highest BCUT2D eigenvalue weighted by Crippen LogP contribution is 2.11. The number of carboxylic acids is 1. The molecule has 0 fully saturated rings. The fourth-order valence-electron chi connectivity index (χ4n) is 0.303. The molecule has 0 bridgehead atoms. The number of aliphatic carboxylic acids is 1. The summed E-state index contributed by atoms with van der Waals surface area (Å²) in [6.45, 7) is 5.42. The van der Waals surface area contributed by atoms with Crippen molar-refractivity contribution in [3.8, 4) is 0 Å². The Bertz CT molecular complexity index is 147. The summed E-state index contributed by atoms with van der Waals surface area (Å²) in [4.78, 5) is 11.0. The van der Waals surface area contributed by atoms with Gasteiger partial charge in [0.15, 0.2) is 0 Å². The Morgan fingerprint density at radius 3 is 2.70 bits per heavy atom. The minimum Gasteiger partial charge on any atom is -0.480 e. The molecule has 0 saturated carbocycles. The van der Waals surface area contributed by atoms with Crippen LogP contribution in [0.3, 0.4) is 0 Å². The molecule has 1 unspecified atom stereocenters. The maximum Gasteiger partial charge on any atom is 0.321 e. The van der Waals surface area contributed by atoms with Crippen molar-refractivity contribution in [3.63, 3.8) is 0 Å². The van der Waals surface area contributed by atoms with Crippen molar-refractivity contribution < 1.29 is 9.90 Å². The van der Waals surface area contributed by atoms with Crippen molar-refractivity contribution in [1.29, 1.82) is 0 Å². The molecule has 0 saturated heterocycles. The molecule has 0 aromatic rings. The molecular formula is C6H11NO2S. The summed E-state index contributed by atoms with van der Waals surface area (Å²) < 4.78 is 0. The van der Waals surface area contributed by atoms with Gasteiger partial charge in [0.1, 0.15) is 6.04 Å². The molecule has 0 amide bonds. The standard InChI is InChI=1S/C6H11NO2S/c1-4(2)10-3-5(7)6(8)9/h5H,1,3,7H2,2H3,(H,8,9). The molecule has 0 heterocycles. The normalized spacial score (nSPS) is 12.6. The number of thioether (sulfide) groups is 1. The zero-order chi connectivity index (χ0) is 8.15. The van der Waals surface area contributed by atoms with Crippen molar-refractivity contribution in [2.24, 2.45) is 5.73 Å². The van der Waals surface area contributed by atoms with Gasteiger partial charge in [0.05, 0.1) is 0 Å². The van der Waals surface area contributed by atoms with Crippen LogP contribution in [-0.2, 0) is 4.79 Å². The average molecular weight is 161 g/mol. The van der Waals surface area contributed by atoms with Crippen LogP contribution >= 0.6 is 11.8 Å². The van der Waals surface area contributed by atoms with Crippen LogP contribution in [0.15, 0.2) is 11.5 Å². The van der Waals surface area contributed by atoms with Gasteiger partial charge in [-0.25, -0.2) is 0 Å². The molecular weight excluding hydrogens is 150 g/mol. The van der Waals surface area contributed by atoms with E-state index < -0.39 is 12.0 Å². The second-order valence-corrected chi connectivity index (χ2v) is 3.28. The highest BCUT2D eigenvalue weighted by Gasteiger charge is 2.10. The van der Waals surface area contributed by atoms with E-state index >= 15 is 0 Å². The van der Waals surface area contributed by atoms with Crippen molar-refractivity contribution in [2.45, 2.75) is 13.0 Å². The number of allylic oxidation sites excluding steroid dienone is 1. The zero-order valence-electron chi connectivity index (χ0n) is 5.83. The summed E-state index contributed by atoms with van der Waals surface area (Å²) in [6, 6.07) is -0.776. The van der Waals surface area contributed by atoms with E-state index in [1.54, 1.807) is 0 Å². The van der Waals surface area contributed by atoms with E-state index in [1.807, 2.05) is 6.92 Å². The van der Waals surface area contributed by atoms with Crippen LogP contribution in [0.2, 0.25) is 0 Å². The van der Waals surface area contributed by atoms with Crippen LogP contribution in [-0.4, -0.2) is 22.9 Å². The van der Waals surface area contributed by atoms with Gasteiger partial charge in [-0.05, 0) is 11.8 Å². The summed E-state index contributed by atoms with van der Waals surface area (Å²) in [5.41, 5.74) is 5.20. The zero-order valence-corrected chi connectivity index (χ0v) is 6.65. The van der Waals surface area contributed by atoms with E-state index in [4.69, 9.17) is 10.8 Å². The third-order valence-electron chi connectivity index (χ3n) is 0.826. The van der Waals surface area contributed by atoms with Crippen molar-refractivity contribution in [2.75, 3.05) is 5.75 Å². The summed E-state index contributed by atoms with van der Waals surface area (Å²) in [6.07, 6.45) is 0. The molecule has 0 aliphatic heterocycles. The lowest BCUT2D eigenvalue weighted by Crippen LogP contribution is -2.32. The first-order chi connectivity index (χ1) is 4.54. The molecule has 0 aromatic carbocycles. The van der Waals surface area contributed by atoms with Gasteiger partial charge in [0.2, 0.25) is 0 Å². The van der Waals surface area contributed by atoms with E-state index in [0.717, 1.165) is 4.91 Å². The van der Waals surface area contributed by atoms with Crippen LogP contribution in [0.1, 0.15) is 6.92 Å². The third kappa shape index (κ3) is 4.40. The Balaban J connectivity index is 3.49. The maximum absolute atomic E-state index is 10.1. The molecule has 0 rings (SSSR count). The van der Waals surface area contributed by atoms with E-state index in [2.05, 4.69) is 6.58 Å². The molecule has 3 N–H and O–H groups in total.